The van der Waals surface area contributed by atoms with Gasteiger partial charge in [-0.1, -0.05) is 23.9 Å². The molecule has 0 spiro atoms. The number of nitro groups is 1. The molecule has 3 aromatic carbocycles. The van der Waals surface area contributed by atoms with Gasteiger partial charge in [0.25, 0.3) is 5.69 Å². The van der Waals surface area contributed by atoms with Crippen LogP contribution in [0.3, 0.4) is 0 Å². The van der Waals surface area contributed by atoms with Gasteiger partial charge in [0.15, 0.2) is 16.6 Å². The van der Waals surface area contributed by atoms with Crippen LogP contribution in [0.1, 0.15) is 0 Å². The number of rotatable bonds is 8. The van der Waals surface area contributed by atoms with Crippen LogP contribution in [0.25, 0.3) is 27.9 Å². The standard InChI is InChI=1S/C25H20N6O5S/c1-35-17-11-12-20(21(13-17)36-2)26-22(32)14-37-25-27-19-6-4-3-5-18(19)24-28-23(29-30(24)25)15-7-9-16(10-8-15)31(33)34/h3-13H,14H2,1-2H3,(H,26,32). The number of ether oxygens (including phenoxy) is 2. The van der Waals surface area contributed by atoms with E-state index in [0.717, 1.165) is 5.39 Å². The quantitative estimate of drug-likeness (QED) is 0.136. The van der Waals surface area contributed by atoms with E-state index in [1.165, 1.54) is 31.0 Å². The molecule has 5 rings (SSSR count). The fraction of sp³-hybridized carbons (Fsp3) is 0.120. The van der Waals surface area contributed by atoms with E-state index in [1.807, 2.05) is 24.3 Å². The molecule has 11 nitrogen and oxygen atoms in total. The predicted octanol–water partition coefficient (Wildman–Crippen LogP) is 4.60. The number of methoxy groups -OCH3 is 2. The lowest BCUT2D eigenvalue weighted by Gasteiger charge is -2.11. The molecule has 186 valence electrons. The summed E-state index contributed by atoms with van der Waals surface area (Å²) in [6.07, 6.45) is 0. The van der Waals surface area contributed by atoms with Crippen molar-refractivity contribution in [2.24, 2.45) is 0 Å². The van der Waals surface area contributed by atoms with E-state index in [9.17, 15) is 14.9 Å². The van der Waals surface area contributed by atoms with Gasteiger partial charge in [-0.05, 0) is 36.4 Å². The normalized spacial score (nSPS) is 11.0. The number of nitrogens with one attached hydrogen (secondary N) is 1. The van der Waals surface area contributed by atoms with Crippen LogP contribution in [-0.2, 0) is 4.79 Å². The fourth-order valence-electron chi connectivity index (χ4n) is 3.70. The summed E-state index contributed by atoms with van der Waals surface area (Å²) in [7, 11) is 3.07. The van der Waals surface area contributed by atoms with Gasteiger partial charge in [0.1, 0.15) is 11.5 Å². The highest BCUT2D eigenvalue weighted by Crippen LogP contribution is 2.30. The summed E-state index contributed by atoms with van der Waals surface area (Å²) in [6, 6.07) is 18.7. The van der Waals surface area contributed by atoms with Gasteiger partial charge >= 0.3 is 0 Å². The van der Waals surface area contributed by atoms with E-state index in [2.05, 4.69) is 15.4 Å². The van der Waals surface area contributed by atoms with Gasteiger partial charge in [0.2, 0.25) is 5.91 Å². The summed E-state index contributed by atoms with van der Waals surface area (Å²) < 4.78 is 12.1. The zero-order valence-electron chi connectivity index (χ0n) is 19.7. The van der Waals surface area contributed by atoms with E-state index < -0.39 is 4.92 Å². The molecule has 0 aliphatic carbocycles. The molecule has 0 bridgehead atoms. The largest absolute Gasteiger partial charge is 0.497 e. The second-order valence-corrected chi connectivity index (χ2v) is 8.73. The number of fused-ring (bicyclic) bond motifs is 3. The number of nitro benzene ring substituents is 1. The van der Waals surface area contributed by atoms with Crippen molar-refractivity contribution in [1.82, 2.24) is 19.6 Å². The van der Waals surface area contributed by atoms with Gasteiger partial charge in [0.05, 0.1) is 36.1 Å². The molecule has 12 heteroatoms. The highest BCUT2D eigenvalue weighted by atomic mass is 32.2. The molecule has 2 heterocycles. The summed E-state index contributed by atoms with van der Waals surface area (Å²) in [5.41, 5.74) is 2.40. The molecule has 0 aliphatic rings. The van der Waals surface area contributed by atoms with Crippen molar-refractivity contribution in [1.29, 1.82) is 0 Å². The maximum absolute atomic E-state index is 12.8. The fourth-order valence-corrected chi connectivity index (χ4v) is 4.44. The number of nitrogens with zero attached hydrogens (tertiary/aromatic N) is 5. The van der Waals surface area contributed by atoms with Crippen LogP contribution in [0.5, 0.6) is 11.5 Å². The maximum atomic E-state index is 12.8. The Hall–Kier alpha value is -4.71. The van der Waals surface area contributed by atoms with Crippen molar-refractivity contribution in [2.75, 3.05) is 25.3 Å². The number of anilines is 1. The van der Waals surface area contributed by atoms with Crippen LogP contribution >= 0.6 is 11.8 Å². The van der Waals surface area contributed by atoms with Crippen LogP contribution in [0.4, 0.5) is 11.4 Å². The van der Waals surface area contributed by atoms with Crippen LogP contribution in [0.15, 0.2) is 71.9 Å². The van der Waals surface area contributed by atoms with Crippen LogP contribution in [0, 0.1) is 10.1 Å². The van der Waals surface area contributed by atoms with Crippen molar-refractivity contribution in [3.05, 3.63) is 76.8 Å². The maximum Gasteiger partial charge on any atom is 0.269 e. The van der Waals surface area contributed by atoms with Crippen molar-refractivity contribution < 1.29 is 19.2 Å². The molecule has 0 saturated carbocycles. The summed E-state index contributed by atoms with van der Waals surface area (Å²) >= 11 is 1.21. The van der Waals surface area contributed by atoms with E-state index >= 15 is 0 Å². The third-order valence-electron chi connectivity index (χ3n) is 5.50. The first kappa shape index (κ1) is 24.0. The Kier molecular flexibility index (Phi) is 6.56. The highest BCUT2D eigenvalue weighted by molar-refractivity contribution is 7.99. The lowest BCUT2D eigenvalue weighted by atomic mass is 10.2. The van der Waals surface area contributed by atoms with E-state index in [4.69, 9.17) is 14.5 Å². The number of para-hydroxylation sites is 1. The predicted molar refractivity (Wildman–Crippen MR) is 139 cm³/mol. The minimum Gasteiger partial charge on any atom is -0.497 e. The average molecular weight is 517 g/mol. The number of aromatic nitrogens is 4. The first-order valence-electron chi connectivity index (χ1n) is 11.0. The summed E-state index contributed by atoms with van der Waals surface area (Å²) in [4.78, 5) is 32.7. The van der Waals surface area contributed by atoms with Gasteiger partial charge in [-0.3, -0.25) is 14.9 Å². The molecule has 1 N–H and O–H groups in total. The SMILES string of the molecule is COc1ccc(NC(=O)CSc2nc3ccccc3c3nc(-c4ccc([N+](=O)[O-])cc4)nn23)c(OC)c1. The molecule has 1 amide bonds. The molecule has 0 unspecified atom stereocenters. The van der Waals surface area contributed by atoms with Crippen molar-refractivity contribution in [3.8, 4) is 22.9 Å². The number of amides is 1. The van der Waals surface area contributed by atoms with E-state index in [0.29, 0.717) is 44.9 Å². The van der Waals surface area contributed by atoms with Crippen LogP contribution in [0.2, 0.25) is 0 Å². The van der Waals surface area contributed by atoms with Crippen LogP contribution < -0.4 is 14.8 Å². The van der Waals surface area contributed by atoms with Crippen LogP contribution in [-0.4, -0.2) is 50.4 Å². The number of hydrogen-bond donors (Lipinski definition) is 1. The Morgan fingerprint density at radius 1 is 1.05 bits per heavy atom. The van der Waals surface area contributed by atoms with Gasteiger partial charge in [-0.2, -0.15) is 4.52 Å². The van der Waals surface area contributed by atoms with E-state index in [-0.39, 0.29) is 17.3 Å². The third kappa shape index (κ3) is 4.86. The molecule has 2 aromatic heterocycles. The molecular weight excluding hydrogens is 496 g/mol. The molecule has 0 atom stereocenters. The lowest BCUT2D eigenvalue weighted by molar-refractivity contribution is -0.384. The topological polar surface area (TPSA) is 134 Å². The van der Waals surface area contributed by atoms with E-state index in [1.54, 1.807) is 42.0 Å². The van der Waals surface area contributed by atoms with Gasteiger partial charge < -0.3 is 14.8 Å². The smallest absolute Gasteiger partial charge is 0.269 e. The Balaban J connectivity index is 1.44. The molecule has 0 fully saturated rings. The Morgan fingerprint density at radius 3 is 2.57 bits per heavy atom. The summed E-state index contributed by atoms with van der Waals surface area (Å²) in [6.45, 7) is 0. The number of benzene rings is 3. The minimum atomic E-state index is -0.459. The zero-order valence-corrected chi connectivity index (χ0v) is 20.6. The third-order valence-corrected chi connectivity index (χ3v) is 6.43. The van der Waals surface area contributed by atoms with Gasteiger partial charge in [0, 0.05) is 29.1 Å². The zero-order chi connectivity index (χ0) is 25.9. The number of hydrogen-bond acceptors (Lipinski definition) is 9. The van der Waals surface area contributed by atoms with Crippen molar-refractivity contribution in [2.45, 2.75) is 5.16 Å². The minimum absolute atomic E-state index is 0.0182. The first-order valence-corrected chi connectivity index (χ1v) is 12.0. The molecule has 0 radical (unpaired) electrons. The highest BCUT2D eigenvalue weighted by Gasteiger charge is 2.17. The first-order chi connectivity index (χ1) is 18.0. The Morgan fingerprint density at radius 2 is 1.84 bits per heavy atom. The molecule has 0 aliphatic heterocycles. The van der Waals surface area contributed by atoms with Crippen molar-refractivity contribution in [3.63, 3.8) is 0 Å². The Bertz CT molecular complexity index is 1640. The molecule has 5 aromatic rings. The summed E-state index contributed by atoms with van der Waals surface area (Å²) in [5, 5.41) is 19.7. The molecular formula is C25H20N6O5S. The molecule has 0 saturated heterocycles. The van der Waals surface area contributed by atoms with Crippen molar-refractivity contribution >= 4 is 45.6 Å². The Labute approximate surface area is 214 Å². The number of thioether (sulfide) groups is 1. The van der Waals surface area contributed by atoms with Gasteiger partial charge in [-0.15, -0.1) is 5.10 Å². The second kappa shape index (κ2) is 10.1. The number of non-ortho nitro benzene ring substituents is 1. The number of carbonyl (C=O) groups excluding carboxylic acids is 1. The molecule has 37 heavy (non-hydrogen) atoms. The average Bonchev–Trinajstić information content (AvgIpc) is 3.38. The lowest BCUT2D eigenvalue weighted by Crippen LogP contribution is -2.15. The monoisotopic (exact) mass is 516 g/mol. The number of carbonyl (C=O) groups is 1. The second-order valence-electron chi connectivity index (χ2n) is 7.79. The van der Waals surface area contributed by atoms with Gasteiger partial charge in [-0.25, -0.2) is 9.97 Å². The summed E-state index contributed by atoms with van der Waals surface area (Å²) in [5.74, 6) is 1.28.